The molecule has 1 amide bonds. The third kappa shape index (κ3) is 1.50. The molecule has 3 atom stereocenters. The molecule has 0 aromatic carbocycles. The summed E-state index contributed by atoms with van der Waals surface area (Å²) < 4.78 is 0.789. The number of fused-ring (bicyclic) bond motifs is 1. The summed E-state index contributed by atoms with van der Waals surface area (Å²) in [6.07, 6.45) is 2.05. The minimum Gasteiger partial charge on any atom is -0.368 e. The number of carbonyl (C=O) groups excluding carboxylic acids is 1. The van der Waals surface area contributed by atoms with E-state index in [4.69, 9.17) is 5.73 Å². The quantitative estimate of drug-likeness (QED) is 0.832. The number of rotatable bonds is 2. The highest BCUT2D eigenvalue weighted by molar-refractivity contribution is 9.10. The third-order valence-electron chi connectivity index (χ3n) is 3.40. The van der Waals surface area contributed by atoms with E-state index < -0.39 is 0 Å². The zero-order chi connectivity index (χ0) is 11.3. The van der Waals surface area contributed by atoms with Gasteiger partial charge in [-0.2, -0.15) is 0 Å². The van der Waals surface area contributed by atoms with E-state index in [9.17, 15) is 4.79 Å². The lowest BCUT2D eigenvalue weighted by atomic mass is 10.1. The highest BCUT2D eigenvalue weighted by Gasteiger charge is 2.54. The van der Waals surface area contributed by atoms with Crippen LogP contribution in [0.15, 0.2) is 22.8 Å². The Labute approximate surface area is 102 Å². The fourth-order valence-electron chi connectivity index (χ4n) is 2.58. The van der Waals surface area contributed by atoms with Gasteiger partial charge in [-0.05, 0) is 46.8 Å². The van der Waals surface area contributed by atoms with Crippen molar-refractivity contribution in [2.24, 2.45) is 11.7 Å². The molecule has 3 rings (SSSR count). The maximum absolute atomic E-state index is 11.4. The molecule has 1 aromatic rings. The summed E-state index contributed by atoms with van der Waals surface area (Å²) in [6, 6.07) is 6.04. The summed E-state index contributed by atoms with van der Waals surface area (Å²) in [7, 11) is 0. The summed E-state index contributed by atoms with van der Waals surface area (Å²) in [5.74, 6) is 1.25. The Bertz CT molecular complexity index is 451. The SMILES string of the molecule is NC(=O)[C@@H]1C[C@H]2C[C@H]2N1c1cccc(Br)n1. The van der Waals surface area contributed by atoms with Crippen LogP contribution < -0.4 is 10.6 Å². The van der Waals surface area contributed by atoms with Crippen LogP contribution in [-0.4, -0.2) is 23.0 Å². The Balaban J connectivity index is 1.95. The number of pyridine rings is 1. The number of hydrogen-bond donors (Lipinski definition) is 1. The van der Waals surface area contributed by atoms with E-state index in [1.807, 2.05) is 18.2 Å². The number of aromatic nitrogens is 1. The van der Waals surface area contributed by atoms with Crippen LogP contribution in [0.25, 0.3) is 0 Å². The zero-order valence-electron chi connectivity index (χ0n) is 8.64. The van der Waals surface area contributed by atoms with Crippen LogP contribution in [0.3, 0.4) is 0 Å². The van der Waals surface area contributed by atoms with Crippen molar-refractivity contribution in [3.05, 3.63) is 22.8 Å². The first-order chi connectivity index (χ1) is 7.66. The Morgan fingerprint density at radius 3 is 3.00 bits per heavy atom. The second-order valence-electron chi connectivity index (χ2n) is 4.44. The second kappa shape index (κ2) is 3.45. The summed E-state index contributed by atoms with van der Waals surface area (Å²) in [5.41, 5.74) is 5.43. The molecule has 2 N–H and O–H groups in total. The number of piperidine rings is 1. The molecule has 0 unspecified atom stereocenters. The van der Waals surface area contributed by atoms with Crippen molar-refractivity contribution in [3.8, 4) is 0 Å². The van der Waals surface area contributed by atoms with E-state index >= 15 is 0 Å². The molecule has 16 heavy (non-hydrogen) atoms. The number of primary amides is 1. The minimum absolute atomic E-state index is 0.175. The highest BCUT2D eigenvalue weighted by Crippen LogP contribution is 2.49. The predicted octanol–water partition coefficient (Wildman–Crippen LogP) is 1.30. The van der Waals surface area contributed by atoms with Crippen LogP contribution in [0, 0.1) is 5.92 Å². The van der Waals surface area contributed by atoms with Crippen LogP contribution in [0.5, 0.6) is 0 Å². The molecule has 1 aliphatic carbocycles. The molecule has 4 nitrogen and oxygen atoms in total. The van der Waals surface area contributed by atoms with E-state index in [2.05, 4.69) is 25.8 Å². The Morgan fingerprint density at radius 1 is 1.50 bits per heavy atom. The number of anilines is 1. The molecular formula is C11H12BrN3O. The van der Waals surface area contributed by atoms with Gasteiger partial charge < -0.3 is 10.6 Å². The number of hydrogen-bond acceptors (Lipinski definition) is 3. The molecule has 2 aliphatic rings. The smallest absolute Gasteiger partial charge is 0.240 e. The van der Waals surface area contributed by atoms with Crippen LogP contribution in [0.4, 0.5) is 5.82 Å². The maximum atomic E-state index is 11.4. The van der Waals surface area contributed by atoms with Gasteiger partial charge >= 0.3 is 0 Å². The first-order valence-electron chi connectivity index (χ1n) is 5.37. The van der Waals surface area contributed by atoms with Crippen molar-refractivity contribution in [1.29, 1.82) is 0 Å². The van der Waals surface area contributed by atoms with Crippen LogP contribution in [0.2, 0.25) is 0 Å². The Kier molecular flexibility index (Phi) is 2.17. The largest absolute Gasteiger partial charge is 0.368 e. The highest BCUT2D eigenvalue weighted by atomic mass is 79.9. The van der Waals surface area contributed by atoms with Gasteiger partial charge in [-0.3, -0.25) is 4.79 Å². The average molecular weight is 282 g/mol. The van der Waals surface area contributed by atoms with Crippen molar-refractivity contribution in [2.75, 3.05) is 4.90 Å². The van der Waals surface area contributed by atoms with Crippen molar-refractivity contribution in [2.45, 2.75) is 24.9 Å². The lowest BCUT2D eigenvalue weighted by molar-refractivity contribution is -0.119. The third-order valence-corrected chi connectivity index (χ3v) is 3.84. The van der Waals surface area contributed by atoms with Gasteiger partial charge in [0.25, 0.3) is 0 Å². The fourth-order valence-corrected chi connectivity index (χ4v) is 2.92. The van der Waals surface area contributed by atoms with Gasteiger partial charge in [0.15, 0.2) is 0 Å². The molecule has 5 heteroatoms. The van der Waals surface area contributed by atoms with Crippen molar-refractivity contribution < 1.29 is 4.79 Å². The summed E-state index contributed by atoms with van der Waals surface area (Å²) >= 11 is 3.35. The van der Waals surface area contributed by atoms with Gasteiger partial charge in [0.2, 0.25) is 5.91 Å². The molecule has 84 valence electrons. The number of nitrogens with zero attached hydrogens (tertiary/aromatic N) is 2. The number of nitrogens with two attached hydrogens (primary N) is 1. The monoisotopic (exact) mass is 281 g/mol. The molecule has 0 spiro atoms. The minimum atomic E-state index is -0.242. The summed E-state index contributed by atoms with van der Waals surface area (Å²) in [5, 5.41) is 0. The number of carbonyl (C=O) groups is 1. The van der Waals surface area contributed by atoms with Crippen molar-refractivity contribution >= 4 is 27.7 Å². The standard InChI is InChI=1S/C11H12BrN3O/c12-9-2-1-3-10(14-9)15-7-4-6(7)5-8(15)11(13)16/h1-3,6-8H,4-5H2,(H2,13,16)/t6-,7-,8+/m1/s1. The molecule has 2 fully saturated rings. The van der Waals surface area contributed by atoms with Crippen LogP contribution in [0.1, 0.15) is 12.8 Å². The molecule has 1 aromatic heterocycles. The molecule has 0 radical (unpaired) electrons. The Hall–Kier alpha value is -1.10. The van der Waals surface area contributed by atoms with Crippen LogP contribution >= 0.6 is 15.9 Å². The normalized spacial score (nSPS) is 31.3. The second-order valence-corrected chi connectivity index (χ2v) is 5.26. The van der Waals surface area contributed by atoms with Gasteiger partial charge in [-0.1, -0.05) is 6.07 Å². The maximum Gasteiger partial charge on any atom is 0.240 e. The summed E-state index contributed by atoms with van der Waals surface area (Å²) in [4.78, 5) is 17.9. The number of amides is 1. The van der Waals surface area contributed by atoms with Crippen molar-refractivity contribution in [3.63, 3.8) is 0 Å². The fraction of sp³-hybridized carbons (Fsp3) is 0.455. The van der Waals surface area contributed by atoms with Crippen molar-refractivity contribution in [1.82, 2.24) is 4.98 Å². The lowest BCUT2D eigenvalue weighted by Crippen LogP contribution is -2.43. The lowest BCUT2D eigenvalue weighted by Gasteiger charge is -2.26. The topological polar surface area (TPSA) is 59.2 Å². The van der Waals surface area contributed by atoms with Gasteiger partial charge in [0, 0.05) is 6.04 Å². The molecule has 1 aliphatic heterocycles. The van der Waals surface area contributed by atoms with E-state index in [0.717, 1.165) is 23.3 Å². The molecule has 1 saturated carbocycles. The van der Waals surface area contributed by atoms with E-state index in [1.165, 1.54) is 0 Å². The van der Waals surface area contributed by atoms with Crippen LogP contribution in [-0.2, 0) is 4.79 Å². The van der Waals surface area contributed by atoms with E-state index in [1.54, 1.807) is 0 Å². The molecule has 0 bridgehead atoms. The molecule has 2 heterocycles. The van der Waals surface area contributed by atoms with E-state index in [-0.39, 0.29) is 11.9 Å². The average Bonchev–Trinajstić information content (AvgIpc) is 2.89. The van der Waals surface area contributed by atoms with Gasteiger partial charge in [0.05, 0.1) is 0 Å². The van der Waals surface area contributed by atoms with Gasteiger partial charge in [0.1, 0.15) is 16.5 Å². The summed E-state index contributed by atoms with van der Waals surface area (Å²) in [6.45, 7) is 0. The first kappa shape index (κ1) is 10.1. The predicted molar refractivity (Wildman–Crippen MR) is 63.9 cm³/mol. The van der Waals surface area contributed by atoms with E-state index in [0.29, 0.717) is 12.0 Å². The molecule has 1 saturated heterocycles. The first-order valence-corrected chi connectivity index (χ1v) is 6.16. The van der Waals surface area contributed by atoms with Gasteiger partial charge in [-0.15, -0.1) is 0 Å². The Morgan fingerprint density at radius 2 is 2.31 bits per heavy atom. The zero-order valence-corrected chi connectivity index (χ0v) is 10.2. The van der Waals surface area contributed by atoms with Gasteiger partial charge in [-0.25, -0.2) is 4.98 Å². The molecular weight excluding hydrogens is 270 g/mol. The number of halogens is 1.